The molecule has 1 aromatic rings. The Morgan fingerprint density at radius 3 is 1.96 bits per heavy atom. The van der Waals surface area contributed by atoms with E-state index in [2.05, 4.69) is 0 Å². The first kappa shape index (κ1) is 19.4. The van der Waals surface area contributed by atoms with E-state index >= 15 is 0 Å². The lowest BCUT2D eigenvalue weighted by atomic mass is 10.2. The normalized spacial score (nSPS) is 12.4. The van der Waals surface area contributed by atoms with Gasteiger partial charge in [0.2, 0.25) is 0 Å². The van der Waals surface area contributed by atoms with E-state index in [9.17, 15) is 4.79 Å². The molecule has 0 aliphatic carbocycles. The Morgan fingerprint density at radius 2 is 1.52 bits per heavy atom. The maximum Gasteiger partial charge on any atom is 0.528 e. The van der Waals surface area contributed by atoms with Crippen LogP contribution in [-0.4, -0.2) is 41.9 Å². The minimum atomic E-state index is -2.75. The number of carbonyl (C=O) groups excluding carboxylic acids is 1. The van der Waals surface area contributed by atoms with Crippen molar-refractivity contribution in [2.24, 2.45) is 0 Å². The summed E-state index contributed by atoms with van der Waals surface area (Å²) >= 11 is 0. The van der Waals surface area contributed by atoms with Crippen molar-refractivity contribution in [3.05, 3.63) is 35.5 Å². The highest BCUT2D eigenvalue weighted by atomic mass is 28.4. The molecule has 128 valence electrons. The molecule has 0 bridgehead atoms. The van der Waals surface area contributed by atoms with Gasteiger partial charge < -0.3 is 22.8 Å². The van der Waals surface area contributed by atoms with Crippen molar-refractivity contribution in [2.45, 2.75) is 26.4 Å². The van der Waals surface area contributed by atoms with Gasteiger partial charge in [0, 0.05) is 21.3 Å². The molecule has 0 heterocycles. The summed E-state index contributed by atoms with van der Waals surface area (Å²) in [6, 6.07) is 6.96. The second-order valence-corrected chi connectivity index (χ2v) is 8.45. The van der Waals surface area contributed by atoms with Crippen LogP contribution < -0.4 is 4.74 Å². The van der Waals surface area contributed by atoms with Crippen LogP contribution in [0.4, 0.5) is 4.79 Å². The predicted molar refractivity (Wildman–Crippen MR) is 89.1 cm³/mol. The third kappa shape index (κ3) is 6.53. The van der Waals surface area contributed by atoms with Crippen LogP contribution in [0.25, 0.3) is 6.08 Å². The maximum atomic E-state index is 11.6. The zero-order valence-corrected chi connectivity index (χ0v) is 15.4. The van der Waals surface area contributed by atoms with Crippen molar-refractivity contribution in [2.75, 3.05) is 21.3 Å². The van der Waals surface area contributed by atoms with Gasteiger partial charge in [-0.15, -0.1) is 0 Å². The molecule has 6 nitrogen and oxygen atoms in total. The fourth-order valence-electron chi connectivity index (χ4n) is 1.67. The molecule has 23 heavy (non-hydrogen) atoms. The molecular weight excluding hydrogens is 316 g/mol. The Morgan fingerprint density at radius 1 is 1.00 bits per heavy atom. The molecule has 0 saturated heterocycles. The quantitative estimate of drug-likeness (QED) is 0.449. The van der Waals surface area contributed by atoms with Crippen LogP contribution in [-0.2, 0) is 18.0 Å². The smallest absolute Gasteiger partial charge is 0.428 e. The van der Waals surface area contributed by atoms with Crippen LogP contribution in [0.3, 0.4) is 0 Å². The van der Waals surface area contributed by atoms with Crippen LogP contribution in [0.5, 0.6) is 5.75 Å². The molecule has 0 radical (unpaired) electrons. The molecule has 0 aromatic heterocycles. The summed E-state index contributed by atoms with van der Waals surface area (Å²) in [6.45, 7) is 5.33. The molecule has 0 aliphatic heterocycles. The number of rotatable bonds is 6. The van der Waals surface area contributed by atoms with E-state index in [0.29, 0.717) is 5.75 Å². The fraction of sp³-hybridized carbons (Fsp3) is 0.438. The van der Waals surface area contributed by atoms with Gasteiger partial charge in [0.05, 0.1) is 0 Å². The molecule has 0 fully saturated rings. The SMILES string of the molecule is CO[Si](/C=C/c1ccc(OC(=O)OC(C)(C)C)cc1)(OC)OC. The Kier molecular flexibility index (Phi) is 6.95. The Balaban J connectivity index is 2.72. The van der Waals surface area contributed by atoms with Gasteiger partial charge >= 0.3 is 15.0 Å². The summed E-state index contributed by atoms with van der Waals surface area (Å²) < 4.78 is 26.1. The maximum absolute atomic E-state index is 11.6. The minimum Gasteiger partial charge on any atom is -0.428 e. The number of carbonyl (C=O) groups is 1. The molecule has 1 aromatic carbocycles. The van der Waals surface area contributed by atoms with Crippen molar-refractivity contribution < 1.29 is 27.5 Å². The summed E-state index contributed by atoms with van der Waals surface area (Å²) in [4.78, 5) is 11.6. The van der Waals surface area contributed by atoms with E-state index < -0.39 is 20.6 Å². The van der Waals surface area contributed by atoms with Gasteiger partial charge in [0.25, 0.3) is 0 Å². The number of benzene rings is 1. The third-order valence-electron chi connectivity index (χ3n) is 2.80. The molecule has 0 N–H and O–H groups in total. The summed E-state index contributed by atoms with van der Waals surface area (Å²) in [5, 5.41) is 0. The zero-order valence-electron chi connectivity index (χ0n) is 14.4. The molecule has 0 amide bonds. The van der Waals surface area contributed by atoms with Gasteiger partial charge in [-0.05, 0) is 44.2 Å². The number of hydrogen-bond donors (Lipinski definition) is 0. The molecule has 0 spiro atoms. The van der Waals surface area contributed by atoms with Crippen LogP contribution in [0.2, 0.25) is 0 Å². The zero-order chi connectivity index (χ0) is 17.5. The molecule has 0 unspecified atom stereocenters. The standard InChI is InChI=1S/C16H24O6Si/c1-16(2,3)22-15(17)21-14-9-7-13(8-10-14)11-12-23(18-4,19-5)20-6/h7-12H,1-6H3/b12-11+. The van der Waals surface area contributed by atoms with Gasteiger partial charge in [-0.3, -0.25) is 0 Å². The lowest BCUT2D eigenvalue weighted by molar-refractivity contribution is 0.0206. The second kappa shape index (κ2) is 8.26. The molecular formula is C16H24O6Si. The first-order valence-electron chi connectivity index (χ1n) is 7.09. The van der Waals surface area contributed by atoms with Crippen LogP contribution in [0.15, 0.2) is 30.0 Å². The van der Waals surface area contributed by atoms with Gasteiger partial charge in [-0.25, -0.2) is 4.79 Å². The van der Waals surface area contributed by atoms with Crippen LogP contribution >= 0.6 is 0 Å². The highest BCUT2D eigenvalue weighted by Gasteiger charge is 2.34. The lowest BCUT2D eigenvalue weighted by Gasteiger charge is -2.20. The average Bonchev–Trinajstić information content (AvgIpc) is 2.49. The van der Waals surface area contributed by atoms with Gasteiger partial charge in [-0.1, -0.05) is 18.2 Å². The average molecular weight is 340 g/mol. The van der Waals surface area contributed by atoms with Crippen LogP contribution in [0, 0.1) is 0 Å². The summed E-state index contributed by atoms with van der Waals surface area (Å²) in [5.41, 5.74) is 2.08. The van der Waals surface area contributed by atoms with E-state index in [4.69, 9.17) is 22.8 Å². The van der Waals surface area contributed by atoms with E-state index in [1.165, 1.54) is 0 Å². The molecule has 0 saturated carbocycles. The summed E-state index contributed by atoms with van der Waals surface area (Å²) in [6.07, 6.45) is 1.10. The van der Waals surface area contributed by atoms with E-state index in [1.54, 1.807) is 72.1 Å². The van der Waals surface area contributed by atoms with Crippen molar-refractivity contribution in [3.63, 3.8) is 0 Å². The first-order chi connectivity index (χ1) is 10.7. The first-order valence-corrected chi connectivity index (χ1v) is 8.89. The molecule has 0 aliphatic rings. The number of ether oxygens (including phenoxy) is 2. The molecule has 7 heteroatoms. The van der Waals surface area contributed by atoms with Gasteiger partial charge in [-0.2, -0.15) is 0 Å². The number of hydrogen-bond acceptors (Lipinski definition) is 6. The Bertz CT molecular complexity index is 520. The highest BCUT2D eigenvalue weighted by Crippen LogP contribution is 2.17. The lowest BCUT2D eigenvalue weighted by Crippen LogP contribution is -2.40. The highest BCUT2D eigenvalue weighted by molar-refractivity contribution is 6.66. The second-order valence-electron chi connectivity index (χ2n) is 5.68. The molecule has 1 rings (SSSR count). The van der Waals surface area contributed by atoms with Crippen LogP contribution in [0.1, 0.15) is 26.3 Å². The largest absolute Gasteiger partial charge is 0.528 e. The summed E-state index contributed by atoms with van der Waals surface area (Å²) in [5.74, 6) is 0.408. The van der Waals surface area contributed by atoms with Gasteiger partial charge in [0.1, 0.15) is 11.4 Å². The summed E-state index contributed by atoms with van der Waals surface area (Å²) in [7, 11) is 1.88. The fourth-order valence-corrected chi connectivity index (χ4v) is 2.97. The minimum absolute atomic E-state index is 0.408. The van der Waals surface area contributed by atoms with E-state index in [0.717, 1.165) is 5.56 Å². The topological polar surface area (TPSA) is 63.2 Å². The third-order valence-corrected chi connectivity index (χ3v) is 5.09. The monoisotopic (exact) mass is 340 g/mol. The van der Waals surface area contributed by atoms with E-state index in [1.807, 2.05) is 6.08 Å². The van der Waals surface area contributed by atoms with Gasteiger partial charge in [0.15, 0.2) is 0 Å². The molecule has 0 atom stereocenters. The Hall–Kier alpha value is -1.67. The van der Waals surface area contributed by atoms with E-state index in [-0.39, 0.29) is 0 Å². The Labute approximate surface area is 138 Å². The van der Waals surface area contributed by atoms with Crippen molar-refractivity contribution in [1.82, 2.24) is 0 Å². The van der Waals surface area contributed by atoms with Crippen molar-refractivity contribution >= 4 is 21.0 Å². The van der Waals surface area contributed by atoms with Crippen molar-refractivity contribution in [1.29, 1.82) is 0 Å². The van der Waals surface area contributed by atoms with Crippen molar-refractivity contribution in [3.8, 4) is 5.75 Å². The predicted octanol–water partition coefficient (Wildman–Crippen LogP) is 3.43.